The van der Waals surface area contributed by atoms with Gasteiger partial charge in [-0.15, -0.1) is 0 Å². The highest BCUT2D eigenvalue weighted by molar-refractivity contribution is 6.76. The maximum Gasteiger partial charge on any atom is 0.409 e. The lowest BCUT2D eigenvalue weighted by molar-refractivity contribution is 0.00772. The normalized spacial score (nSPS) is 14.0. The lowest BCUT2D eigenvalue weighted by atomic mass is 9.99. The van der Waals surface area contributed by atoms with Crippen LogP contribution in [0.2, 0.25) is 25.7 Å². The average Bonchev–Trinajstić information content (AvgIpc) is 2.26. The van der Waals surface area contributed by atoms with Gasteiger partial charge in [0.25, 0.3) is 0 Å². The third kappa shape index (κ3) is 9.33. The van der Waals surface area contributed by atoms with E-state index in [9.17, 15) is 4.79 Å². The smallest absolute Gasteiger partial charge is 0.409 e. The summed E-state index contributed by atoms with van der Waals surface area (Å²) in [4.78, 5) is 13.4. The number of hydrogen-bond acceptors (Lipinski definition) is 4. The number of methoxy groups -OCH3 is 1. The number of nitrogens with zero attached hydrogens (tertiary/aromatic N) is 1. The third-order valence-electron chi connectivity index (χ3n) is 3.20. The topological polar surface area (TPSA) is 64.8 Å². The molecule has 1 amide bonds. The zero-order valence-corrected chi connectivity index (χ0v) is 15.2. The van der Waals surface area contributed by atoms with Crippen LogP contribution in [0.5, 0.6) is 0 Å². The van der Waals surface area contributed by atoms with Crippen molar-refractivity contribution < 1.29 is 14.3 Å². The van der Waals surface area contributed by atoms with Crippen molar-refractivity contribution in [2.75, 3.05) is 27.3 Å². The molecule has 0 aliphatic rings. The number of nitrogens with two attached hydrogens (primary N) is 1. The maximum absolute atomic E-state index is 11.8. The lowest BCUT2D eigenvalue weighted by Gasteiger charge is -2.28. The van der Waals surface area contributed by atoms with E-state index in [0.29, 0.717) is 19.6 Å². The summed E-state index contributed by atoms with van der Waals surface area (Å²) in [6, 6.07) is 0.856. The number of rotatable bonds is 8. The molecule has 120 valence electrons. The zero-order chi connectivity index (χ0) is 16.0. The van der Waals surface area contributed by atoms with Crippen LogP contribution in [0.1, 0.15) is 20.3 Å². The summed E-state index contributed by atoms with van der Waals surface area (Å²) in [5.74, 6) is 0. The van der Waals surface area contributed by atoms with E-state index in [1.807, 2.05) is 13.8 Å². The highest BCUT2D eigenvalue weighted by atomic mass is 28.3. The minimum Gasteiger partial charge on any atom is -0.450 e. The SMILES string of the molecule is COC(C)(C)C[C@H](N)CN(C)C(=O)OCC[Si](C)(C)C. The van der Waals surface area contributed by atoms with Crippen molar-refractivity contribution in [2.24, 2.45) is 5.73 Å². The molecule has 2 N–H and O–H groups in total. The van der Waals surface area contributed by atoms with Crippen molar-refractivity contribution in [3.63, 3.8) is 0 Å². The average molecular weight is 305 g/mol. The van der Waals surface area contributed by atoms with Gasteiger partial charge < -0.3 is 20.1 Å². The van der Waals surface area contributed by atoms with Crippen LogP contribution in [0.4, 0.5) is 4.79 Å². The van der Waals surface area contributed by atoms with Crippen LogP contribution >= 0.6 is 0 Å². The van der Waals surface area contributed by atoms with Crippen LogP contribution in [0, 0.1) is 0 Å². The van der Waals surface area contributed by atoms with E-state index in [1.165, 1.54) is 0 Å². The molecule has 0 spiro atoms. The van der Waals surface area contributed by atoms with Gasteiger partial charge in [-0.1, -0.05) is 19.6 Å². The van der Waals surface area contributed by atoms with Crippen LogP contribution in [0.3, 0.4) is 0 Å². The highest BCUT2D eigenvalue weighted by Gasteiger charge is 2.23. The molecular formula is C14H32N2O3Si. The zero-order valence-electron chi connectivity index (χ0n) is 14.2. The van der Waals surface area contributed by atoms with Gasteiger partial charge in [-0.3, -0.25) is 0 Å². The Kier molecular flexibility index (Phi) is 7.76. The van der Waals surface area contributed by atoms with Crippen molar-refractivity contribution in [1.29, 1.82) is 0 Å². The summed E-state index contributed by atoms with van der Waals surface area (Å²) in [6.45, 7) is 11.7. The third-order valence-corrected chi connectivity index (χ3v) is 4.91. The standard InChI is InChI=1S/C14H32N2O3Si/c1-14(2,18-4)10-12(15)11-16(3)13(17)19-8-9-20(5,6)7/h12H,8-11,15H2,1-7H3/t12-/m0/s1. The molecule has 0 aromatic heterocycles. The fraction of sp³-hybridized carbons (Fsp3) is 0.929. The number of carbonyl (C=O) groups excluding carboxylic acids is 1. The summed E-state index contributed by atoms with van der Waals surface area (Å²) >= 11 is 0. The van der Waals surface area contributed by atoms with Crippen molar-refractivity contribution in [2.45, 2.75) is 57.6 Å². The van der Waals surface area contributed by atoms with Crippen molar-refractivity contribution >= 4 is 14.2 Å². The van der Waals surface area contributed by atoms with Crippen molar-refractivity contribution in [3.8, 4) is 0 Å². The summed E-state index contributed by atoms with van der Waals surface area (Å²) in [5.41, 5.74) is 5.77. The van der Waals surface area contributed by atoms with Crippen LogP contribution in [-0.4, -0.2) is 58.0 Å². The molecule has 5 nitrogen and oxygen atoms in total. The number of amides is 1. The molecule has 20 heavy (non-hydrogen) atoms. The Morgan fingerprint density at radius 3 is 2.35 bits per heavy atom. The molecule has 0 bridgehead atoms. The first-order valence-electron chi connectivity index (χ1n) is 7.15. The van der Waals surface area contributed by atoms with Crippen molar-refractivity contribution in [1.82, 2.24) is 4.90 Å². The first-order valence-corrected chi connectivity index (χ1v) is 10.9. The molecule has 6 heteroatoms. The van der Waals surface area contributed by atoms with E-state index in [2.05, 4.69) is 19.6 Å². The maximum atomic E-state index is 11.8. The van der Waals surface area contributed by atoms with Gasteiger partial charge in [-0.25, -0.2) is 4.79 Å². The Morgan fingerprint density at radius 2 is 1.90 bits per heavy atom. The molecule has 0 radical (unpaired) electrons. The van der Waals surface area contributed by atoms with Crippen LogP contribution < -0.4 is 5.73 Å². The molecule has 0 unspecified atom stereocenters. The van der Waals surface area contributed by atoms with Gasteiger partial charge in [0.05, 0.1) is 12.2 Å². The van der Waals surface area contributed by atoms with Gasteiger partial charge in [-0.2, -0.15) is 0 Å². The summed E-state index contributed by atoms with van der Waals surface area (Å²) in [6.07, 6.45) is 0.393. The molecule has 0 aliphatic heterocycles. The van der Waals surface area contributed by atoms with E-state index in [4.69, 9.17) is 15.2 Å². The van der Waals surface area contributed by atoms with Gasteiger partial charge in [0.1, 0.15) is 0 Å². The molecular weight excluding hydrogens is 272 g/mol. The van der Waals surface area contributed by atoms with E-state index >= 15 is 0 Å². The highest BCUT2D eigenvalue weighted by Crippen LogP contribution is 2.15. The number of carbonyl (C=O) groups is 1. The minimum absolute atomic E-state index is 0.125. The number of hydrogen-bond donors (Lipinski definition) is 1. The van der Waals surface area contributed by atoms with E-state index in [0.717, 1.165) is 6.04 Å². The Hall–Kier alpha value is -0.593. The van der Waals surface area contributed by atoms with Gasteiger partial charge in [-0.05, 0) is 26.3 Å². The molecule has 0 saturated carbocycles. The van der Waals surface area contributed by atoms with Crippen LogP contribution in [0.15, 0.2) is 0 Å². The second-order valence-electron chi connectivity index (χ2n) is 7.23. The second kappa shape index (κ2) is 8.00. The first kappa shape index (κ1) is 19.4. The quantitative estimate of drug-likeness (QED) is 0.700. The Bertz CT molecular complexity index is 303. The summed E-state index contributed by atoms with van der Waals surface area (Å²) in [7, 11) is 2.22. The van der Waals surface area contributed by atoms with E-state index < -0.39 is 8.07 Å². The van der Waals surface area contributed by atoms with Gasteiger partial charge in [0.15, 0.2) is 0 Å². The van der Waals surface area contributed by atoms with Crippen molar-refractivity contribution in [3.05, 3.63) is 0 Å². The molecule has 1 atom stereocenters. The predicted octanol–water partition coefficient (Wildman–Crippen LogP) is 2.54. The molecule has 0 rings (SSSR count). The van der Waals surface area contributed by atoms with Gasteiger partial charge >= 0.3 is 6.09 Å². The Labute approximate surface area is 124 Å². The monoisotopic (exact) mass is 304 g/mol. The number of ether oxygens (including phenoxy) is 2. The largest absolute Gasteiger partial charge is 0.450 e. The molecule has 0 fully saturated rings. The lowest BCUT2D eigenvalue weighted by Crippen LogP contribution is -2.43. The minimum atomic E-state index is -1.16. The summed E-state index contributed by atoms with van der Waals surface area (Å²) < 4.78 is 10.6. The Morgan fingerprint density at radius 1 is 1.35 bits per heavy atom. The van der Waals surface area contributed by atoms with E-state index in [-0.39, 0.29) is 17.7 Å². The second-order valence-corrected chi connectivity index (χ2v) is 12.9. The fourth-order valence-electron chi connectivity index (χ4n) is 1.76. The fourth-order valence-corrected chi connectivity index (χ4v) is 2.47. The molecule has 0 saturated heterocycles. The molecule has 0 aromatic carbocycles. The predicted molar refractivity (Wildman–Crippen MR) is 85.8 cm³/mol. The molecule has 0 aliphatic carbocycles. The molecule has 0 aromatic rings. The van der Waals surface area contributed by atoms with Crippen LogP contribution in [-0.2, 0) is 9.47 Å². The number of likely N-dealkylation sites (N-methyl/N-ethyl adjacent to an activating group) is 1. The van der Waals surface area contributed by atoms with E-state index in [1.54, 1.807) is 19.1 Å². The first-order chi connectivity index (χ1) is 8.97. The Balaban J connectivity index is 4.07. The van der Waals surface area contributed by atoms with Crippen LogP contribution in [0.25, 0.3) is 0 Å². The van der Waals surface area contributed by atoms with Gasteiger partial charge in [0.2, 0.25) is 0 Å². The molecule has 0 heterocycles. The summed E-state index contributed by atoms with van der Waals surface area (Å²) in [5, 5.41) is 0. The van der Waals surface area contributed by atoms with Gasteiger partial charge in [0, 0.05) is 34.8 Å².